The predicted molar refractivity (Wildman–Crippen MR) is 170 cm³/mol. The molecule has 2 aliphatic rings. The normalized spacial score (nSPS) is 17.7. The van der Waals surface area contributed by atoms with Crippen LogP contribution in [0.1, 0.15) is 51.4 Å². The zero-order chi connectivity index (χ0) is 29.3. The Morgan fingerprint density at radius 2 is 1.69 bits per heavy atom. The molecule has 6 rings (SSSR count). The topological polar surface area (TPSA) is 85.6 Å². The van der Waals surface area contributed by atoms with Crippen LogP contribution in [0.25, 0.3) is 16.9 Å². The summed E-state index contributed by atoms with van der Waals surface area (Å²) >= 11 is 0. The van der Waals surface area contributed by atoms with E-state index < -0.39 is 5.60 Å². The second-order valence-corrected chi connectivity index (χ2v) is 12.4. The van der Waals surface area contributed by atoms with Crippen LogP contribution >= 0.6 is 0 Å². The monoisotopic (exact) mass is 568 g/mol. The molecule has 5 heterocycles. The molecule has 0 radical (unpaired) electrons. The number of benzene rings is 1. The first-order valence-electron chi connectivity index (χ1n) is 15.4. The molecule has 0 unspecified atom stereocenters. The number of pyridine rings is 1. The lowest BCUT2D eigenvalue weighted by atomic mass is 10.0. The summed E-state index contributed by atoms with van der Waals surface area (Å²) in [5, 5.41) is 14.9. The first kappa shape index (κ1) is 28.6. The summed E-state index contributed by atoms with van der Waals surface area (Å²) in [5.74, 6) is 1.29. The van der Waals surface area contributed by atoms with Gasteiger partial charge in [-0.15, -0.1) is 0 Å². The second-order valence-electron chi connectivity index (χ2n) is 12.4. The lowest BCUT2D eigenvalue weighted by Crippen LogP contribution is -2.52. The van der Waals surface area contributed by atoms with Crippen LogP contribution < -0.4 is 10.2 Å². The summed E-state index contributed by atoms with van der Waals surface area (Å²) in [4.78, 5) is 22.0. The minimum atomic E-state index is -1.03. The van der Waals surface area contributed by atoms with Gasteiger partial charge in [0.05, 0.1) is 5.69 Å². The zero-order valence-electron chi connectivity index (χ0n) is 25.4. The van der Waals surface area contributed by atoms with Gasteiger partial charge in [0, 0.05) is 74.0 Å². The first-order chi connectivity index (χ1) is 20.3. The Kier molecular flexibility index (Phi) is 8.16. The number of anilines is 3. The molecular formula is C33H44N8O. The van der Waals surface area contributed by atoms with Gasteiger partial charge in [0.1, 0.15) is 11.4 Å². The molecule has 222 valence electrons. The Hall–Kier alpha value is -3.53. The van der Waals surface area contributed by atoms with Crippen LogP contribution in [0.5, 0.6) is 0 Å². The SMILES string of the molecule is CCCc1cc2cnc(Nc3ccc(N4CCC(N5CCN(C)CC5)CC4)cc3)nc2n1-c1cccc(C(C)(C)O)n1. The molecule has 0 bridgehead atoms. The number of hydrogen-bond acceptors (Lipinski definition) is 8. The van der Waals surface area contributed by atoms with E-state index in [-0.39, 0.29) is 0 Å². The van der Waals surface area contributed by atoms with Gasteiger partial charge in [-0.05, 0) is 82.6 Å². The number of nitrogens with zero attached hydrogens (tertiary/aromatic N) is 7. The van der Waals surface area contributed by atoms with E-state index in [4.69, 9.17) is 9.97 Å². The lowest BCUT2D eigenvalue weighted by Gasteiger charge is -2.42. The van der Waals surface area contributed by atoms with Gasteiger partial charge in [-0.25, -0.2) is 9.97 Å². The molecule has 9 nitrogen and oxygen atoms in total. The summed E-state index contributed by atoms with van der Waals surface area (Å²) in [6.45, 7) is 12.6. The van der Waals surface area contributed by atoms with Crippen molar-refractivity contribution in [3.63, 3.8) is 0 Å². The van der Waals surface area contributed by atoms with Crippen molar-refractivity contribution >= 4 is 28.4 Å². The molecule has 2 saturated heterocycles. The van der Waals surface area contributed by atoms with Crippen molar-refractivity contribution < 1.29 is 5.11 Å². The number of piperazine rings is 1. The van der Waals surface area contributed by atoms with Crippen molar-refractivity contribution in [1.82, 2.24) is 29.3 Å². The molecule has 1 aromatic carbocycles. The third kappa shape index (κ3) is 6.14. The standard InChI is InChI=1S/C33H44N8O/c1-5-7-28-22-24-23-34-32(37-31(24)41(28)30-9-6-8-29(36-30)33(2,3)42)35-25-10-12-26(13-11-25)39-16-14-27(15-17-39)40-20-18-38(4)19-21-40/h6,8-13,22-23,27,42H,5,7,14-21H2,1-4H3,(H,34,35,37). The molecule has 0 spiro atoms. The third-order valence-corrected chi connectivity index (χ3v) is 8.72. The number of rotatable bonds is 8. The van der Waals surface area contributed by atoms with Crippen LogP contribution in [0, 0.1) is 0 Å². The highest BCUT2D eigenvalue weighted by molar-refractivity contribution is 5.80. The number of aryl methyl sites for hydroxylation is 1. The fraction of sp³-hybridized carbons (Fsp3) is 0.485. The van der Waals surface area contributed by atoms with Gasteiger partial charge in [-0.2, -0.15) is 4.98 Å². The van der Waals surface area contributed by atoms with E-state index in [0.29, 0.717) is 17.7 Å². The van der Waals surface area contributed by atoms with Gasteiger partial charge in [0.25, 0.3) is 0 Å². The number of fused-ring (bicyclic) bond motifs is 1. The highest BCUT2D eigenvalue weighted by Gasteiger charge is 2.27. The maximum atomic E-state index is 10.6. The molecule has 2 aliphatic heterocycles. The van der Waals surface area contributed by atoms with Crippen LogP contribution in [0.15, 0.2) is 54.7 Å². The molecule has 2 fully saturated rings. The van der Waals surface area contributed by atoms with E-state index in [1.807, 2.05) is 24.4 Å². The highest BCUT2D eigenvalue weighted by atomic mass is 16.3. The Labute approximate surface area is 249 Å². The lowest BCUT2D eigenvalue weighted by molar-refractivity contribution is 0.0738. The smallest absolute Gasteiger partial charge is 0.229 e. The number of aromatic nitrogens is 4. The minimum absolute atomic E-state index is 0.546. The first-order valence-corrected chi connectivity index (χ1v) is 15.4. The maximum Gasteiger partial charge on any atom is 0.229 e. The highest BCUT2D eigenvalue weighted by Crippen LogP contribution is 2.28. The van der Waals surface area contributed by atoms with Crippen molar-refractivity contribution in [2.75, 3.05) is 56.5 Å². The Morgan fingerprint density at radius 3 is 2.38 bits per heavy atom. The van der Waals surface area contributed by atoms with Crippen LogP contribution in [0.3, 0.4) is 0 Å². The van der Waals surface area contributed by atoms with E-state index in [2.05, 4.69) is 73.9 Å². The van der Waals surface area contributed by atoms with E-state index >= 15 is 0 Å². The van der Waals surface area contributed by atoms with E-state index in [1.54, 1.807) is 13.8 Å². The molecular weight excluding hydrogens is 524 g/mol. The zero-order valence-corrected chi connectivity index (χ0v) is 25.4. The van der Waals surface area contributed by atoms with Gasteiger partial charge < -0.3 is 20.2 Å². The number of aliphatic hydroxyl groups is 1. The summed E-state index contributed by atoms with van der Waals surface area (Å²) < 4.78 is 2.09. The largest absolute Gasteiger partial charge is 0.384 e. The molecule has 0 aliphatic carbocycles. The number of hydrogen-bond donors (Lipinski definition) is 2. The van der Waals surface area contributed by atoms with Gasteiger partial charge >= 0.3 is 0 Å². The Balaban J connectivity index is 1.17. The fourth-order valence-electron chi connectivity index (χ4n) is 6.25. The minimum Gasteiger partial charge on any atom is -0.384 e. The van der Waals surface area contributed by atoms with Gasteiger partial charge in [-0.3, -0.25) is 9.47 Å². The average molecular weight is 569 g/mol. The van der Waals surface area contributed by atoms with Crippen LogP contribution in [-0.2, 0) is 12.0 Å². The molecule has 9 heteroatoms. The summed E-state index contributed by atoms with van der Waals surface area (Å²) in [5.41, 5.74) is 3.75. The van der Waals surface area contributed by atoms with E-state index in [1.165, 1.54) is 44.7 Å². The summed E-state index contributed by atoms with van der Waals surface area (Å²) in [6, 6.07) is 17.3. The molecule has 0 atom stereocenters. The van der Waals surface area contributed by atoms with E-state index in [9.17, 15) is 5.11 Å². The van der Waals surface area contributed by atoms with E-state index in [0.717, 1.165) is 54.2 Å². The second kappa shape index (κ2) is 12.0. The number of likely N-dealkylation sites (N-methyl/N-ethyl adjacent to an activating group) is 1. The van der Waals surface area contributed by atoms with Gasteiger partial charge in [0.2, 0.25) is 5.95 Å². The maximum absolute atomic E-state index is 10.6. The van der Waals surface area contributed by atoms with Crippen molar-refractivity contribution in [2.45, 2.75) is 58.1 Å². The van der Waals surface area contributed by atoms with Crippen molar-refractivity contribution in [3.05, 3.63) is 66.1 Å². The Bertz CT molecular complexity index is 1490. The van der Waals surface area contributed by atoms with Crippen molar-refractivity contribution in [2.24, 2.45) is 0 Å². The molecule has 3 aromatic heterocycles. The molecule has 0 amide bonds. The average Bonchev–Trinajstić information content (AvgIpc) is 3.35. The van der Waals surface area contributed by atoms with Crippen LogP contribution in [0.4, 0.5) is 17.3 Å². The Morgan fingerprint density at radius 1 is 0.952 bits per heavy atom. The predicted octanol–water partition coefficient (Wildman–Crippen LogP) is 4.96. The fourth-order valence-corrected chi connectivity index (χ4v) is 6.25. The van der Waals surface area contributed by atoms with Crippen LogP contribution in [-0.4, -0.2) is 86.8 Å². The third-order valence-electron chi connectivity index (χ3n) is 8.72. The van der Waals surface area contributed by atoms with Crippen molar-refractivity contribution in [3.8, 4) is 5.82 Å². The van der Waals surface area contributed by atoms with Crippen molar-refractivity contribution in [1.29, 1.82) is 0 Å². The quantitative estimate of drug-likeness (QED) is 0.309. The molecule has 4 aromatic rings. The molecule has 2 N–H and O–H groups in total. The van der Waals surface area contributed by atoms with Crippen LogP contribution in [0.2, 0.25) is 0 Å². The molecule has 42 heavy (non-hydrogen) atoms. The summed E-state index contributed by atoms with van der Waals surface area (Å²) in [7, 11) is 2.22. The number of piperidine rings is 1. The van der Waals surface area contributed by atoms with Gasteiger partial charge in [-0.1, -0.05) is 19.4 Å². The van der Waals surface area contributed by atoms with Gasteiger partial charge in [0.15, 0.2) is 5.65 Å². The summed E-state index contributed by atoms with van der Waals surface area (Å²) in [6.07, 6.45) is 6.22. The molecule has 0 saturated carbocycles. The number of nitrogens with one attached hydrogen (secondary N) is 1.